The molecule has 0 N–H and O–H groups in total. The molecular formula is C75H122O6. The Kier molecular flexibility index (Phi) is 63.9. The van der Waals surface area contributed by atoms with Gasteiger partial charge in [0.1, 0.15) is 13.2 Å². The Morgan fingerprint density at radius 2 is 0.481 bits per heavy atom. The molecule has 0 bridgehead atoms. The minimum atomic E-state index is -0.803. The smallest absolute Gasteiger partial charge is 0.306 e. The minimum Gasteiger partial charge on any atom is -0.462 e. The van der Waals surface area contributed by atoms with Gasteiger partial charge in [0.2, 0.25) is 0 Å². The van der Waals surface area contributed by atoms with E-state index in [2.05, 4.69) is 167 Å². The number of esters is 3. The molecule has 1 unspecified atom stereocenters. The molecule has 0 heterocycles. The molecule has 0 radical (unpaired) electrons. The van der Waals surface area contributed by atoms with Crippen molar-refractivity contribution < 1.29 is 28.6 Å². The lowest BCUT2D eigenvalue weighted by Crippen LogP contribution is -2.30. The van der Waals surface area contributed by atoms with Crippen LogP contribution in [0.2, 0.25) is 0 Å². The zero-order valence-electron chi connectivity index (χ0n) is 52.5. The molecular weight excluding hydrogens is 997 g/mol. The average Bonchev–Trinajstić information content (AvgIpc) is 3.47. The Morgan fingerprint density at radius 1 is 0.259 bits per heavy atom. The Labute approximate surface area is 499 Å². The second-order valence-electron chi connectivity index (χ2n) is 21.6. The summed E-state index contributed by atoms with van der Waals surface area (Å²) in [5.74, 6) is -0.926. The highest BCUT2D eigenvalue weighted by Crippen LogP contribution is 2.15. The fraction of sp³-hybridized carbons (Fsp3) is 0.640. The second-order valence-corrected chi connectivity index (χ2v) is 21.6. The molecule has 1 atom stereocenters. The lowest BCUT2D eigenvalue weighted by Gasteiger charge is -2.18. The van der Waals surface area contributed by atoms with Gasteiger partial charge in [0.05, 0.1) is 0 Å². The molecule has 0 amide bonds. The van der Waals surface area contributed by atoms with E-state index in [1.165, 1.54) is 89.9 Å². The van der Waals surface area contributed by atoms with Crippen molar-refractivity contribution in [3.63, 3.8) is 0 Å². The maximum atomic E-state index is 12.9. The first-order valence-electron chi connectivity index (χ1n) is 33.3. The first-order valence-corrected chi connectivity index (χ1v) is 33.3. The van der Waals surface area contributed by atoms with Crippen LogP contribution in [0, 0.1) is 0 Å². The van der Waals surface area contributed by atoms with Crippen LogP contribution in [0.5, 0.6) is 0 Å². The van der Waals surface area contributed by atoms with Gasteiger partial charge in [-0.1, -0.05) is 276 Å². The fourth-order valence-electron chi connectivity index (χ4n) is 8.88. The van der Waals surface area contributed by atoms with E-state index in [-0.39, 0.29) is 31.1 Å². The molecule has 0 fully saturated rings. The molecule has 81 heavy (non-hydrogen) atoms. The first kappa shape index (κ1) is 76.3. The predicted molar refractivity (Wildman–Crippen MR) is 352 cm³/mol. The number of allylic oxidation sites excluding steroid dienone is 24. The van der Waals surface area contributed by atoms with Crippen LogP contribution in [-0.4, -0.2) is 37.2 Å². The Morgan fingerprint density at radius 3 is 0.753 bits per heavy atom. The third-order valence-corrected chi connectivity index (χ3v) is 13.8. The Balaban J connectivity index is 4.45. The summed E-state index contributed by atoms with van der Waals surface area (Å²) in [5.41, 5.74) is 0. The maximum Gasteiger partial charge on any atom is 0.306 e. The van der Waals surface area contributed by atoms with Crippen LogP contribution in [0.4, 0.5) is 0 Å². The summed E-state index contributed by atoms with van der Waals surface area (Å²) in [6.07, 6.45) is 97.0. The van der Waals surface area contributed by atoms with Gasteiger partial charge < -0.3 is 14.2 Å². The molecule has 6 heteroatoms. The van der Waals surface area contributed by atoms with Crippen LogP contribution in [0.15, 0.2) is 146 Å². The lowest BCUT2D eigenvalue weighted by atomic mass is 10.1. The fourth-order valence-corrected chi connectivity index (χ4v) is 8.88. The molecule has 0 saturated heterocycles. The highest BCUT2D eigenvalue weighted by molar-refractivity contribution is 5.71. The largest absolute Gasteiger partial charge is 0.462 e. The molecule has 6 nitrogen and oxygen atoms in total. The predicted octanol–water partition coefficient (Wildman–Crippen LogP) is 23.1. The summed E-state index contributed by atoms with van der Waals surface area (Å²) in [5, 5.41) is 0. The van der Waals surface area contributed by atoms with E-state index < -0.39 is 6.10 Å². The summed E-state index contributed by atoms with van der Waals surface area (Å²) < 4.78 is 16.9. The number of hydrogen-bond acceptors (Lipinski definition) is 6. The van der Waals surface area contributed by atoms with Gasteiger partial charge in [0, 0.05) is 19.3 Å². The van der Waals surface area contributed by atoms with Crippen molar-refractivity contribution in [3.8, 4) is 0 Å². The van der Waals surface area contributed by atoms with E-state index in [0.717, 1.165) is 161 Å². The van der Waals surface area contributed by atoms with Crippen LogP contribution in [-0.2, 0) is 28.6 Å². The van der Waals surface area contributed by atoms with Gasteiger partial charge >= 0.3 is 17.9 Å². The van der Waals surface area contributed by atoms with Crippen molar-refractivity contribution >= 4 is 17.9 Å². The molecule has 0 aliphatic rings. The van der Waals surface area contributed by atoms with E-state index in [1.54, 1.807) is 0 Å². The van der Waals surface area contributed by atoms with Gasteiger partial charge in [-0.2, -0.15) is 0 Å². The van der Waals surface area contributed by atoms with Crippen molar-refractivity contribution in [2.45, 2.75) is 297 Å². The van der Waals surface area contributed by atoms with Crippen molar-refractivity contribution in [2.75, 3.05) is 13.2 Å². The van der Waals surface area contributed by atoms with Gasteiger partial charge in [0.15, 0.2) is 6.10 Å². The first-order chi connectivity index (χ1) is 40.0. The number of ether oxygens (including phenoxy) is 3. The molecule has 0 aromatic carbocycles. The van der Waals surface area contributed by atoms with Gasteiger partial charge in [0.25, 0.3) is 0 Å². The zero-order chi connectivity index (χ0) is 58.5. The maximum absolute atomic E-state index is 12.9. The van der Waals surface area contributed by atoms with E-state index in [4.69, 9.17) is 14.2 Å². The third-order valence-electron chi connectivity index (χ3n) is 13.8. The standard InChI is InChI=1S/C75H122O6/c1-4-7-10-13-16-19-22-25-28-31-33-35-36-37-38-40-41-44-47-50-53-56-59-62-65-68-74(77)80-71-72(70-79-73(76)67-64-61-58-55-52-49-46-43-30-27-24-21-18-15-12-9-6-3)81-75(78)69-66-63-60-57-54-51-48-45-42-39-34-32-29-26-23-20-17-14-11-8-5-2/h7-8,10-11,16-21,25-30,33-35,37-39,45,48,72H,4-6,9,12-15,22-24,31-32,36,40-44,46-47,49-71H2,1-3H3/b10-7-,11-8-,19-16-,20-17-,21-18-,28-25-,29-26-,30-27-,35-33-,38-37-,39-34-,48-45-. The number of unbranched alkanes of at least 4 members (excludes halogenated alkanes) is 24. The summed E-state index contributed by atoms with van der Waals surface area (Å²) in [4.78, 5) is 38.4. The Hall–Kier alpha value is -4.71. The molecule has 0 aromatic heterocycles. The van der Waals surface area contributed by atoms with Crippen LogP contribution in [0.3, 0.4) is 0 Å². The Bertz CT molecular complexity index is 1760. The molecule has 0 rings (SSSR count). The molecule has 0 aliphatic carbocycles. The number of hydrogen-bond donors (Lipinski definition) is 0. The van der Waals surface area contributed by atoms with Crippen molar-refractivity contribution in [1.82, 2.24) is 0 Å². The SMILES string of the molecule is CC/C=C\C/C=C\C/C=C\C/C=C\C/C=C\CCCCCCCCCCCC(=O)OCC(COC(=O)CCCCCCCCC/C=C\C/C=C\CCCCC)OC(=O)CCCCCCC/C=C\C/C=C\C/C=C\C/C=C\C/C=C\CC. The van der Waals surface area contributed by atoms with Crippen LogP contribution < -0.4 is 0 Å². The number of carbonyl (C=O) groups is 3. The quantitative estimate of drug-likeness (QED) is 0.0261. The minimum absolute atomic E-state index is 0.0965. The van der Waals surface area contributed by atoms with Crippen molar-refractivity contribution in [3.05, 3.63) is 146 Å². The second kappa shape index (κ2) is 67.8. The van der Waals surface area contributed by atoms with Gasteiger partial charge in [-0.05, 0) is 141 Å². The van der Waals surface area contributed by atoms with Crippen molar-refractivity contribution in [2.24, 2.45) is 0 Å². The monoisotopic (exact) mass is 1120 g/mol. The third kappa shape index (κ3) is 66.0. The van der Waals surface area contributed by atoms with E-state index in [1.807, 2.05) is 0 Å². The molecule has 0 aromatic rings. The lowest BCUT2D eigenvalue weighted by molar-refractivity contribution is -0.167. The number of rotatable bonds is 59. The highest BCUT2D eigenvalue weighted by Gasteiger charge is 2.19. The van der Waals surface area contributed by atoms with E-state index in [0.29, 0.717) is 19.3 Å². The summed E-state index contributed by atoms with van der Waals surface area (Å²) in [6, 6.07) is 0. The molecule has 0 aliphatic heterocycles. The van der Waals surface area contributed by atoms with Gasteiger partial charge in [-0.15, -0.1) is 0 Å². The normalized spacial score (nSPS) is 13.1. The molecule has 0 spiro atoms. The van der Waals surface area contributed by atoms with Gasteiger partial charge in [-0.25, -0.2) is 0 Å². The topological polar surface area (TPSA) is 78.9 Å². The highest BCUT2D eigenvalue weighted by atomic mass is 16.6. The van der Waals surface area contributed by atoms with Gasteiger partial charge in [-0.3, -0.25) is 14.4 Å². The van der Waals surface area contributed by atoms with E-state index >= 15 is 0 Å². The van der Waals surface area contributed by atoms with Crippen molar-refractivity contribution in [1.29, 1.82) is 0 Å². The van der Waals surface area contributed by atoms with E-state index in [9.17, 15) is 14.4 Å². The van der Waals surface area contributed by atoms with Crippen LogP contribution in [0.1, 0.15) is 290 Å². The van der Waals surface area contributed by atoms with Crippen LogP contribution >= 0.6 is 0 Å². The number of carbonyl (C=O) groups excluding carboxylic acids is 3. The summed E-state index contributed by atoms with van der Waals surface area (Å²) in [7, 11) is 0. The molecule has 0 saturated carbocycles. The average molecular weight is 1120 g/mol. The summed E-state index contributed by atoms with van der Waals surface area (Å²) in [6.45, 7) is 6.37. The van der Waals surface area contributed by atoms with Crippen LogP contribution in [0.25, 0.3) is 0 Å². The zero-order valence-corrected chi connectivity index (χ0v) is 52.5. The molecule has 458 valence electrons. The summed E-state index contributed by atoms with van der Waals surface area (Å²) >= 11 is 0.